The van der Waals surface area contributed by atoms with Gasteiger partial charge in [0, 0.05) is 24.5 Å². The van der Waals surface area contributed by atoms with Crippen molar-refractivity contribution < 1.29 is 17.9 Å². The van der Waals surface area contributed by atoms with Gasteiger partial charge in [-0.15, -0.1) is 0 Å². The van der Waals surface area contributed by atoms with Gasteiger partial charge < -0.3 is 14.2 Å². The van der Waals surface area contributed by atoms with Gasteiger partial charge in [0.2, 0.25) is 10.0 Å². The Morgan fingerprint density at radius 1 is 1.06 bits per heavy atom. The quantitative estimate of drug-likeness (QED) is 0.567. The topological polar surface area (TPSA) is 94.6 Å². The molecule has 2 aromatic carbocycles. The zero-order valence-corrected chi connectivity index (χ0v) is 21.2. The van der Waals surface area contributed by atoms with E-state index in [-0.39, 0.29) is 16.8 Å². The van der Waals surface area contributed by atoms with Gasteiger partial charge in [0.15, 0.2) is 0 Å². The van der Waals surface area contributed by atoms with Crippen LogP contribution in [0, 0.1) is 0 Å². The number of morpholine rings is 1. The summed E-state index contributed by atoms with van der Waals surface area (Å²) in [5.74, 6) is -0.0526. The van der Waals surface area contributed by atoms with Crippen LogP contribution in [0.3, 0.4) is 0 Å². The minimum Gasteiger partial charge on any atom is -0.372 e. The molecular weight excluding hydrogens is 462 g/mol. The highest BCUT2D eigenvalue weighted by molar-refractivity contribution is 7.89. The van der Waals surface area contributed by atoms with Crippen LogP contribution in [0.2, 0.25) is 0 Å². The van der Waals surface area contributed by atoms with Gasteiger partial charge in [-0.25, -0.2) is 13.6 Å². The third kappa shape index (κ3) is 4.62. The Morgan fingerprint density at radius 2 is 1.77 bits per heavy atom. The minimum atomic E-state index is -3.89. The van der Waals surface area contributed by atoms with Crippen LogP contribution in [-0.4, -0.2) is 49.1 Å². The summed E-state index contributed by atoms with van der Waals surface area (Å²) in [4.78, 5) is 16.1. The van der Waals surface area contributed by atoms with Crippen molar-refractivity contribution in [3.63, 3.8) is 0 Å². The van der Waals surface area contributed by atoms with E-state index >= 15 is 0 Å². The number of primary sulfonamides is 1. The number of nitrogens with two attached hydrogens (primary N) is 1. The standard InChI is InChI=1S/C27H33N3O4S/c1-27(2)18-29(15-16-34-27)26(31)24-22-14-13-21(35(28,32)33)17-23(22)30(20-11-7-4-8-12-20)25(24)19-9-5-3-6-10-19/h3,5-6,9-10,13-14,17,20H,4,7-8,11-12,15-16,18H2,1-2H3,(H2,28,32,33). The number of sulfonamides is 1. The van der Waals surface area contributed by atoms with Crippen LogP contribution < -0.4 is 5.14 Å². The van der Waals surface area contributed by atoms with Crippen molar-refractivity contribution in [3.05, 3.63) is 54.1 Å². The molecule has 2 heterocycles. The highest BCUT2D eigenvalue weighted by Crippen LogP contribution is 2.42. The molecule has 35 heavy (non-hydrogen) atoms. The minimum absolute atomic E-state index is 0.0526. The van der Waals surface area contributed by atoms with E-state index in [0.717, 1.165) is 47.8 Å². The molecule has 0 bridgehead atoms. The smallest absolute Gasteiger partial charge is 0.256 e. The highest BCUT2D eigenvalue weighted by atomic mass is 32.2. The molecule has 1 amide bonds. The number of benzene rings is 2. The second kappa shape index (κ2) is 9.08. The fraction of sp³-hybridized carbons (Fsp3) is 0.444. The number of nitrogens with zero attached hydrogens (tertiary/aromatic N) is 2. The van der Waals surface area contributed by atoms with E-state index in [2.05, 4.69) is 4.57 Å². The second-order valence-corrected chi connectivity index (χ2v) is 11.9. The molecule has 0 radical (unpaired) electrons. The third-order valence-corrected chi connectivity index (χ3v) is 8.13. The number of amides is 1. The summed E-state index contributed by atoms with van der Waals surface area (Å²) in [5, 5.41) is 6.27. The van der Waals surface area contributed by atoms with E-state index in [1.54, 1.807) is 12.1 Å². The van der Waals surface area contributed by atoms with Crippen LogP contribution in [0.5, 0.6) is 0 Å². The summed E-state index contributed by atoms with van der Waals surface area (Å²) in [7, 11) is -3.89. The number of hydrogen-bond acceptors (Lipinski definition) is 4. The SMILES string of the molecule is CC1(C)CN(C(=O)c2c(-c3ccccc3)n(C3CCCCC3)c3cc(S(N)(=O)=O)ccc23)CCO1. The van der Waals surface area contributed by atoms with E-state index in [1.807, 2.05) is 49.1 Å². The summed E-state index contributed by atoms with van der Waals surface area (Å²) >= 11 is 0. The third-order valence-electron chi connectivity index (χ3n) is 7.22. The van der Waals surface area contributed by atoms with Crippen LogP contribution in [-0.2, 0) is 14.8 Å². The van der Waals surface area contributed by atoms with E-state index in [0.29, 0.717) is 25.3 Å². The monoisotopic (exact) mass is 495 g/mol. The molecule has 1 aliphatic heterocycles. The van der Waals surface area contributed by atoms with Gasteiger partial charge in [-0.3, -0.25) is 4.79 Å². The van der Waals surface area contributed by atoms with E-state index in [9.17, 15) is 13.2 Å². The summed E-state index contributed by atoms with van der Waals surface area (Å²) in [5.41, 5.74) is 2.74. The predicted octanol–water partition coefficient (Wildman–Crippen LogP) is 4.71. The number of carbonyl (C=O) groups is 1. The number of aromatic nitrogens is 1. The Kier molecular flexibility index (Phi) is 6.23. The molecule has 186 valence electrons. The van der Waals surface area contributed by atoms with Crippen molar-refractivity contribution in [1.82, 2.24) is 9.47 Å². The molecule has 0 unspecified atom stereocenters. The maximum absolute atomic E-state index is 14.2. The van der Waals surface area contributed by atoms with Crippen molar-refractivity contribution >= 4 is 26.8 Å². The first kappa shape index (κ1) is 24.0. The molecule has 1 aliphatic carbocycles. The summed E-state index contributed by atoms with van der Waals surface area (Å²) in [6.07, 6.45) is 5.37. The van der Waals surface area contributed by atoms with Crippen LogP contribution >= 0.6 is 0 Å². The van der Waals surface area contributed by atoms with Crippen molar-refractivity contribution in [3.8, 4) is 11.3 Å². The predicted molar refractivity (Wildman–Crippen MR) is 137 cm³/mol. The summed E-state index contributed by atoms with van der Waals surface area (Å²) in [6.45, 7) is 5.48. The molecule has 2 N–H and O–H groups in total. The normalized spacial score (nSPS) is 19.2. The van der Waals surface area contributed by atoms with Gasteiger partial charge in [-0.05, 0) is 44.4 Å². The lowest BCUT2D eigenvalue weighted by Crippen LogP contribution is -2.50. The van der Waals surface area contributed by atoms with Gasteiger partial charge in [-0.2, -0.15) is 0 Å². The molecule has 3 aromatic rings. The van der Waals surface area contributed by atoms with Gasteiger partial charge >= 0.3 is 0 Å². The number of fused-ring (bicyclic) bond motifs is 1. The fourth-order valence-corrected chi connectivity index (χ4v) is 6.16. The zero-order chi connectivity index (χ0) is 24.8. The Labute approximate surface area is 206 Å². The Hall–Kier alpha value is -2.68. The first-order chi connectivity index (χ1) is 16.7. The van der Waals surface area contributed by atoms with Crippen LogP contribution in [0.25, 0.3) is 22.2 Å². The second-order valence-electron chi connectivity index (χ2n) is 10.3. The molecule has 0 spiro atoms. The number of rotatable bonds is 4. The number of carbonyl (C=O) groups excluding carboxylic acids is 1. The first-order valence-corrected chi connectivity index (χ1v) is 13.9. The van der Waals surface area contributed by atoms with E-state index < -0.39 is 15.6 Å². The molecular formula is C27H33N3O4S. The van der Waals surface area contributed by atoms with Crippen LogP contribution in [0.15, 0.2) is 53.4 Å². The van der Waals surface area contributed by atoms with Gasteiger partial charge in [-0.1, -0.05) is 55.7 Å². The molecule has 1 saturated carbocycles. The van der Waals surface area contributed by atoms with Crippen molar-refractivity contribution in [2.45, 2.75) is 62.5 Å². The lowest BCUT2D eigenvalue weighted by molar-refractivity contribution is -0.0763. The van der Waals surface area contributed by atoms with E-state index in [1.165, 1.54) is 12.5 Å². The van der Waals surface area contributed by atoms with E-state index in [4.69, 9.17) is 9.88 Å². The fourth-order valence-electron chi connectivity index (χ4n) is 5.63. The highest BCUT2D eigenvalue weighted by Gasteiger charge is 2.35. The molecule has 1 saturated heterocycles. The molecule has 7 nitrogen and oxygen atoms in total. The molecule has 0 atom stereocenters. The van der Waals surface area contributed by atoms with Gasteiger partial charge in [0.1, 0.15) is 0 Å². The molecule has 2 fully saturated rings. The van der Waals surface area contributed by atoms with Crippen LogP contribution in [0.1, 0.15) is 62.4 Å². The largest absolute Gasteiger partial charge is 0.372 e. The lowest BCUT2D eigenvalue weighted by atomic mass is 9.94. The molecule has 2 aliphatic rings. The average Bonchev–Trinajstić information content (AvgIpc) is 3.18. The Balaban J connectivity index is 1.80. The van der Waals surface area contributed by atoms with Crippen molar-refractivity contribution in [1.29, 1.82) is 0 Å². The van der Waals surface area contributed by atoms with Crippen molar-refractivity contribution in [2.24, 2.45) is 5.14 Å². The summed E-state index contributed by atoms with van der Waals surface area (Å²) in [6, 6.07) is 15.0. The number of hydrogen-bond donors (Lipinski definition) is 1. The van der Waals surface area contributed by atoms with Gasteiger partial charge in [0.05, 0.1) is 33.9 Å². The van der Waals surface area contributed by atoms with Crippen molar-refractivity contribution in [2.75, 3.05) is 19.7 Å². The zero-order valence-electron chi connectivity index (χ0n) is 20.4. The maximum atomic E-state index is 14.2. The Bertz CT molecular complexity index is 1360. The van der Waals surface area contributed by atoms with Gasteiger partial charge in [0.25, 0.3) is 5.91 Å². The first-order valence-electron chi connectivity index (χ1n) is 12.4. The molecule has 8 heteroatoms. The van der Waals surface area contributed by atoms with Crippen LogP contribution in [0.4, 0.5) is 0 Å². The number of ether oxygens (including phenoxy) is 1. The average molecular weight is 496 g/mol. The molecule has 1 aromatic heterocycles. The molecule has 5 rings (SSSR count). The Morgan fingerprint density at radius 3 is 2.43 bits per heavy atom. The maximum Gasteiger partial charge on any atom is 0.256 e. The lowest BCUT2D eigenvalue weighted by Gasteiger charge is -2.38. The summed E-state index contributed by atoms with van der Waals surface area (Å²) < 4.78 is 32.6.